The van der Waals surface area contributed by atoms with Crippen LogP contribution in [0, 0.1) is 0 Å². The Bertz CT molecular complexity index is 551. The number of aliphatic carboxylic acids is 1. The van der Waals surface area contributed by atoms with Crippen molar-refractivity contribution >= 4 is 17.8 Å². The van der Waals surface area contributed by atoms with Crippen molar-refractivity contribution in [2.24, 2.45) is 0 Å². The number of phenolic OH excluding ortho intramolecular Hbond substituents is 1. The molecule has 0 aliphatic carbocycles. The van der Waals surface area contributed by atoms with Crippen molar-refractivity contribution in [2.45, 2.75) is 19.4 Å². The lowest BCUT2D eigenvalue weighted by atomic mass is 10.1. The molecule has 6 nitrogen and oxygen atoms in total. The maximum absolute atomic E-state index is 12.0. The molecule has 0 spiro atoms. The topological polar surface area (TPSA) is 94.9 Å². The Morgan fingerprint density at radius 2 is 2.00 bits per heavy atom. The molecular weight excluding hydrogens is 238 g/mol. The number of hydrogen-bond acceptors (Lipinski definition) is 4. The highest BCUT2D eigenvalue weighted by Gasteiger charge is 2.40. The van der Waals surface area contributed by atoms with Gasteiger partial charge in [0.1, 0.15) is 5.75 Å². The van der Waals surface area contributed by atoms with Crippen molar-refractivity contribution in [2.75, 3.05) is 0 Å². The smallest absolute Gasteiger partial charge is 0.305 e. The lowest BCUT2D eigenvalue weighted by molar-refractivity contribution is -0.137. The molecule has 0 fully saturated rings. The molecule has 0 aromatic heterocycles. The number of rotatable bonds is 3. The van der Waals surface area contributed by atoms with Crippen LogP contribution in [-0.4, -0.2) is 38.9 Å². The summed E-state index contributed by atoms with van der Waals surface area (Å²) in [5.74, 6) is -2.58. The Morgan fingerprint density at radius 3 is 2.56 bits per heavy atom. The van der Waals surface area contributed by atoms with Crippen LogP contribution in [0.1, 0.15) is 34.1 Å². The number of carboxylic acid groups (broad SMARTS) is 1. The van der Waals surface area contributed by atoms with Crippen LogP contribution >= 0.6 is 0 Å². The maximum atomic E-state index is 12.0. The molecule has 1 aromatic rings. The second kappa shape index (κ2) is 4.14. The van der Waals surface area contributed by atoms with E-state index >= 15 is 0 Å². The second-order valence-corrected chi connectivity index (χ2v) is 4.13. The molecule has 0 saturated carbocycles. The van der Waals surface area contributed by atoms with Crippen LogP contribution in [0.5, 0.6) is 5.75 Å². The molecule has 1 atom stereocenters. The van der Waals surface area contributed by atoms with Crippen molar-refractivity contribution in [3.63, 3.8) is 0 Å². The van der Waals surface area contributed by atoms with Crippen molar-refractivity contribution in [3.05, 3.63) is 29.3 Å². The summed E-state index contributed by atoms with van der Waals surface area (Å²) >= 11 is 0. The van der Waals surface area contributed by atoms with Crippen LogP contribution in [-0.2, 0) is 4.79 Å². The largest absolute Gasteiger partial charge is 0.507 e. The number of hydrogen-bond donors (Lipinski definition) is 2. The van der Waals surface area contributed by atoms with E-state index in [0.717, 1.165) is 4.90 Å². The molecule has 18 heavy (non-hydrogen) atoms. The SMILES string of the molecule is CC(CC(=O)O)N1C(=O)c2cccc(O)c2C1=O. The number of aromatic hydroxyl groups is 1. The zero-order chi connectivity index (χ0) is 13.4. The molecule has 0 radical (unpaired) electrons. The van der Waals surface area contributed by atoms with Gasteiger partial charge in [0.15, 0.2) is 0 Å². The molecule has 6 heteroatoms. The van der Waals surface area contributed by atoms with E-state index in [0.29, 0.717) is 0 Å². The van der Waals surface area contributed by atoms with Gasteiger partial charge in [-0.2, -0.15) is 0 Å². The zero-order valence-electron chi connectivity index (χ0n) is 9.58. The summed E-state index contributed by atoms with van der Waals surface area (Å²) in [6.07, 6.45) is -0.327. The zero-order valence-corrected chi connectivity index (χ0v) is 9.58. The first kappa shape index (κ1) is 12.1. The van der Waals surface area contributed by atoms with Crippen LogP contribution in [0.4, 0.5) is 0 Å². The predicted octanol–water partition coefficient (Wildman–Crippen LogP) is 0.851. The van der Waals surface area contributed by atoms with E-state index in [2.05, 4.69) is 0 Å². The van der Waals surface area contributed by atoms with Crippen LogP contribution in [0.15, 0.2) is 18.2 Å². The van der Waals surface area contributed by atoms with Gasteiger partial charge in [-0.3, -0.25) is 19.3 Å². The molecule has 0 saturated heterocycles. The maximum Gasteiger partial charge on any atom is 0.305 e. The Kier molecular flexibility index (Phi) is 2.78. The third-order valence-electron chi connectivity index (χ3n) is 2.84. The Labute approximate surface area is 102 Å². The Hall–Kier alpha value is -2.37. The van der Waals surface area contributed by atoms with Gasteiger partial charge in [-0.1, -0.05) is 6.07 Å². The number of amides is 2. The molecule has 2 rings (SSSR count). The summed E-state index contributed by atoms with van der Waals surface area (Å²) in [7, 11) is 0. The fraction of sp³-hybridized carbons (Fsp3) is 0.250. The van der Waals surface area contributed by atoms with Crippen LogP contribution < -0.4 is 0 Å². The number of carboxylic acids is 1. The molecule has 94 valence electrons. The van der Waals surface area contributed by atoms with Gasteiger partial charge in [0.25, 0.3) is 11.8 Å². The van der Waals surface area contributed by atoms with Crippen molar-refractivity contribution in [3.8, 4) is 5.75 Å². The van der Waals surface area contributed by atoms with Crippen molar-refractivity contribution in [1.82, 2.24) is 4.90 Å². The number of nitrogens with zero attached hydrogens (tertiary/aromatic N) is 1. The quantitative estimate of drug-likeness (QED) is 0.774. The lowest BCUT2D eigenvalue weighted by Crippen LogP contribution is -2.39. The van der Waals surface area contributed by atoms with Crippen LogP contribution in [0.3, 0.4) is 0 Å². The Morgan fingerprint density at radius 1 is 1.33 bits per heavy atom. The molecule has 1 unspecified atom stereocenters. The number of benzene rings is 1. The molecule has 1 aliphatic heterocycles. The van der Waals surface area contributed by atoms with Gasteiger partial charge >= 0.3 is 5.97 Å². The summed E-state index contributed by atoms with van der Waals surface area (Å²) < 4.78 is 0. The van der Waals surface area contributed by atoms with Gasteiger partial charge in [-0.05, 0) is 19.1 Å². The fourth-order valence-electron chi connectivity index (χ4n) is 2.03. The van der Waals surface area contributed by atoms with E-state index in [1.807, 2.05) is 0 Å². The van der Waals surface area contributed by atoms with Gasteiger partial charge < -0.3 is 10.2 Å². The minimum atomic E-state index is -1.09. The molecule has 1 aliphatic rings. The number of fused-ring (bicyclic) bond motifs is 1. The molecule has 1 aromatic carbocycles. The van der Waals surface area contributed by atoms with Crippen LogP contribution in [0.2, 0.25) is 0 Å². The highest BCUT2D eigenvalue weighted by atomic mass is 16.4. The summed E-state index contributed by atoms with van der Waals surface area (Å²) in [4.78, 5) is 35.5. The highest BCUT2D eigenvalue weighted by molar-refractivity contribution is 6.22. The van der Waals surface area contributed by atoms with E-state index in [1.54, 1.807) is 0 Å². The first-order valence-electron chi connectivity index (χ1n) is 5.35. The third-order valence-corrected chi connectivity index (χ3v) is 2.84. The third kappa shape index (κ3) is 1.71. The van der Waals surface area contributed by atoms with Gasteiger partial charge in [0.05, 0.1) is 17.5 Å². The van der Waals surface area contributed by atoms with Crippen LogP contribution in [0.25, 0.3) is 0 Å². The average molecular weight is 249 g/mol. The predicted molar refractivity (Wildman–Crippen MR) is 60.3 cm³/mol. The van der Waals surface area contributed by atoms with E-state index in [9.17, 15) is 19.5 Å². The monoisotopic (exact) mass is 249 g/mol. The van der Waals surface area contributed by atoms with Crippen molar-refractivity contribution in [1.29, 1.82) is 0 Å². The molecule has 2 amide bonds. The number of imide groups is 1. The summed E-state index contributed by atoms with van der Waals surface area (Å²) in [5, 5.41) is 18.3. The lowest BCUT2D eigenvalue weighted by Gasteiger charge is -2.20. The van der Waals surface area contributed by atoms with Gasteiger partial charge in [-0.25, -0.2) is 0 Å². The van der Waals surface area contributed by atoms with E-state index in [1.165, 1.54) is 25.1 Å². The van der Waals surface area contributed by atoms with E-state index < -0.39 is 23.8 Å². The van der Waals surface area contributed by atoms with Gasteiger partial charge in [-0.15, -0.1) is 0 Å². The second-order valence-electron chi connectivity index (χ2n) is 4.13. The van der Waals surface area contributed by atoms with Gasteiger partial charge in [0, 0.05) is 6.04 Å². The Balaban J connectivity index is 2.40. The standard InChI is InChI=1S/C12H11NO5/c1-6(5-9(15)16)13-11(17)7-3-2-4-8(14)10(7)12(13)18/h2-4,6,14H,5H2,1H3,(H,15,16). The van der Waals surface area contributed by atoms with E-state index in [-0.39, 0.29) is 23.3 Å². The molecule has 2 N–H and O–H groups in total. The minimum absolute atomic E-state index is 0.0558. The summed E-state index contributed by atoms with van der Waals surface area (Å²) in [6, 6.07) is 3.46. The average Bonchev–Trinajstić information content (AvgIpc) is 2.51. The summed E-state index contributed by atoms with van der Waals surface area (Å²) in [5.41, 5.74) is 0.0528. The molecular formula is C12H11NO5. The van der Waals surface area contributed by atoms with E-state index in [4.69, 9.17) is 5.11 Å². The van der Waals surface area contributed by atoms with Crippen molar-refractivity contribution < 1.29 is 24.6 Å². The fourth-order valence-corrected chi connectivity index (χ4v) is 2.03. The first-order chi connectivity index (χ1) is 8.43. The normalized spacial score (nSPS) is 15.7. The number of phenols is 1. The molecule has 1 heterocycles. The summed E-state index contributed by atoms with van der Waals surface area (Å²) in [6.45, 7) is 1.48. The number of carbonyl (C=O) groups excluding carboxylic acids is 2. The first-order valence-corrected chi connectivity index (χ1v) is 5.35. The highest BCUT2D eigenvalue weighted by Crippen LogP contribution is 2.31. The molecule has 0 bridgehead atoms. The number of carbonyl (C=O) groups is 3. The minimum Gasteiger partial charge on any atom is -0.507 e. The van der Waals surface area contributed by atoms with Gasteiger partial charge in [0.2, 0.25) is 0 Å².